The Hall–Kier alpha value is -3.26. The highest BCUT2D eigenvalue weighted by atomic mass is 16.2. The van der Waals surface area contributed by atoms with E-state index in [4.69, 9.17) is 5.73 Å². The predicted octanol–water partition coefficient (Wildman–Crippen LogP) is 3.57. The number of piperidine rings is 1. The Morgan fingerprint density at radius 1 is 1.15 bits per heavy atom. The van der Waals surface area contributed by atoms with Crippen LogP contribution in [0.25, 0.3) is 0 Å². The third-order valence-corrected chi connectivity index (χ3v) is 4.91. The Kier molecular flexibility index (Phi) is 6.11. The lowest BCUT2D eigenvalue weighted by Crippen LogP contribution is -2.39. The van der Waals surface area contributed by atoms with Gasteiger partial charge in [-0.05, 0) is 55.0 Å². The van der Waals surface area contributed by atoms with Crippen LogP contribution in [0.1, 0.15) is 18.4 Å². The SMILES string of the molecule is N#C/C(=C/Nc1ccc(N)cc1)C(=O)N1CCC(Cc2ccccc2)CC1. The molecule has 138 valence electrons. The molecule has 2 aromatic rings. The van der Waals surface area contributed by atoms with Gasteiger partial charge in [0.1, 0.15) is 11.6 Å². The fraction of sp³-hybridized carbons (Fsp3) is 0.273. The van der Waals surface area contributed by atoms with Crippen molar-refractivity contribution in [3.63, 3.8) is 0 Å². The summed E-state index contributed by atoms with van der Waals surface area (Å²) in [6.45, 7) is 1.38. The lowest BCUT2D eigenvalue weighted by atomic mass is 9.90. The van der Waals surface area contributed by atoms with Gasteiger partial charge in [0.05, 0.1) is 0 Å². The molecule has 3 N–H and O–H groups in total. The maximum Gasteiger partial charge on any atom is 0.266 e. The fourth-order valence-corrected chi connectivity index (χ4v) is 3.33. The van der Waals surface area contributed by atoms with Gasteiger partial charge in [0, 0.05) is 30.7 Å². The molecule has 1 fully saturated rings. The molecule has 1 heterocycles. The summed E-state index contributed by atoms with van der Waals surface area (Å²) < 4.78 is 0. The van der Waals surface area contributed by atoms with Gasteiger partial charge >= 0.3 is 0 Å². The molecule has 0 unspecified atom stereocenters. The smallest absolute Gasteiger partial charge is 0.266 e. The second-order valence-corrected chi connectivity index (χ2v) is 6.86. The Bertz CT molecular complexity index is 829. The molecule has 0 aromatic heterocycles. The number of amides is 1. The zero-order valence-corrected chi connectivity index (χ0v) is 15.3. The summed E-state index contributed by atoms with van der Waals surface area (Å²) in [5.41, 5.74) is 8.57. The summed E-state index contributed by atoms with van der Waals surface area (Å²) in [6.07, 6.45) is 4.45. The first-order chi connectivity index (χ1) is 13.2. The standard InChI is InChI=1S/C22H24N4O/c23-15-19(16-25-21-8-6-20(24)7-9-21)22(27)26-12-10-18(11-13-26)14-17-4-2-1-3-5-17/h1-9,16,18,25H,10-14,24H2/b19-16-. The zero-order valence-electron chi connectivity index (χ0n) is 15.3. The topological polar surface area (TPSA) is 82.1 Å². The molecule has 5 nitrogen and oxygen atoms in total. The van der Waals surface area contributed by atoms with E-state index in [9.17, 15) is 10.1 Å². The third kappa shape index (κ3) is 5.11. The number of carbonyl (C=O) groups excluding carboxylic acids is 1. The van der Waals surface area contributed by atoms with Gasteiger partial charge in [0.2, 0.25) is 0 Å². The van der Waals surface area contributed by atoms with Crippen LogP contribution in [0.5, 0.6) is 0 Å². The summed E-state index contributed by atoms with van der Waals surface area (Å²) >= 11 is 0. The van der Waals surface area contributed by atoms with Crippen molar-refractivity contribution < 1.29 is 4.79 Å². The molecule has 3 rings (SSSR count). The summed E-state index contributed by atoms with van der Waals surface area (Å²) in [6, 6.07) is 19.6. The number of likely N-dealkylation sites (tertiary alicyclic amines) is 1. The number of nitrogens with one attached hydrogen (secondary N) is 1. The van der Waals surface area contributed by atoms with Crippen LogP contribution < -0.4 is 11.1 Å². The van der Waals surface area contributed by atoms with Crippen LogP contribution in [0, 0.1) is 17.2 Å². The minimum Gasteiger partial charge on any atom is -0.399 e. The fourth-order valence-electron chi connectivity index (χ4n) is 3.33. The Labute approximate surface area is 160 Å². The minimum atomic E-state index is -0.210. The van der Waals surface area contributed by atoms with E-state index < -0.39 is 0 Å². The first-order valence-electron chi connectivity index (χ1n) is 9.21. The Morgan fingerprint density at radius 3 is 2.44 bits per heavy atom. The number of benzene rings is 2. The van der Waals surface area contributed by atoms with Crippen LogP contribution in [0.15, 0.2) is 66.4 Å². The summed E-state index contributed by atoms with van der Waals surface area (Å²) in [7, 11) is 0. The molecular weight excluding hydrogens is 336 g/mol. The van der Waals surface area contributed by atoms with Gasteiger partial charge in [0.15, 0.2) is 0 Å². The number of carbonyl (C=O) groups is 1. The van der Waals surface area contributed by atoms with Crippen molar-refractivity contribution in [3.05, 3.63) is 71.9 Å². The van der Waals surface area contributed by atoms with Gasteiger partial charge < -0.3 is 16.0 Å². The number of anilines is 2. The van der Waals surface area contributed by atoms with Crippen molar-refractivity contribution in [3.8, 4) is 6.07 Å². The summed E-state index contributed by atoms with van der Waals surface area (Å²) in [5, 5.41) is 12.4. The van der Waals surface area contributed by atoms with E-state index in [1.807, 2.05) is 12.1 Å². The van der Waals surface area contributed by atoms with Crippen LogP contribution >= 0.6 is 0 Å². The molecule has 27 heavy (non-hydrogen) atoms. The third-order valence-electron chi connectivity index (χ3n) is 4.91. The van der Waals surface area contributed by atoms with E-state index in [1.54, 1.807) is 29.2 Å². The van der Waals surface area contributed by atoms with Crippen LogP contribution in [-0.2, 0) is 11.2 Å². The van der Waals surface area contributed by atoms with E-state index in [1.165, 1.54) is 11.8 Å². The molecular formula is C22H24N4O. The van der Waals surface area contributed by atoms with Gasteiger partial charge in [-0.1, -0.05) is 30.3 Å². The number of hydrogen-bond acceptors (Lipinski definition) is 4. The van der Waals surface area contributed by atoms with Gasteiger partial charge in [-0.3, -0.25) is 4.79 Å². The van der Waals surface area contributed by atoms with Crippen LogP contribution in [0.4, 0.5) is 11.4 Å². The Morgan fingerprint density at radius 2 is 1.81 bits per heavy atom. The first kappa shape index (κ1) is 18.5. The molecule has 0 atom stereocenters. The van der Waals surface area contributed by atoms with Crippen LogP contribution in [-0.4, -0.2) is 23.9 Å². The number of rotatable bonds is 5. The largest absolute Gasteiger partial charge is 0.399 e. The average molecular weight is 360 g/mol. The van der Waals surface area contributed by atoms with E-state index in [2.05, 4.69) is 29.6 Å². The molecule has 2 aromatic carbocycles. The predicted molar refractivity (Wildman–Crippen MR) is 108 cm³/mol. The summed E-state index contributed by atoms with van der Waals surface area (Å²) in [5.74, 6) is 0.373. The maximum absolute atomic E-state index is 12.6. The van der Waals surface area contributed by atoms with Crippen LogP contribution in [0.2, 0.25) is 0 Å². The van der Waals surface area contributed by atoms with Crippen molar-refractivity contribution in [2.24, 2.45) is 5.92 Å². The molecule has 1 aliphatic heterocycles. The number of hydrogen-bond donors (Lipinski definition) is 2. The number of nitriles is 1. The molecule has 0 spiro atoms. The number of nitrogens with zero attached hydrogens (tertiary/aromatic N) is 2. The average Bonchev–Trinajstić information content (AvgIpc) is 2.71. The van der Waals surface area contributed by atoms with E-state index in [0.29, 0.717) is 24.7 Å². The molecule has 5 heteroatoms. The molecule has 0 saturated carbocycles. The van der Waals surface area contributed by atoms with Crippen LogP contribution in [0.3, 0.4) is 0 Å². The first-order valence-corrected chi connectivity index (χ1v) is 9.21. The van der Waals surface area contributed by atoms with Crippen molar-refractivity contribution in [2.45, 2.75) is 19.3 Å². The second kappa shape index (κ2) is 8.91. The number of nitrogen functional groups attached to an aromatic ring is 1. The zero-order chi connectivity index (χ0) is 19.1. The van der Waals surface area contributed by atoms with E-state index >= 15 is 0 Å². The number of nitrogens with two attached hydrogens (primary N) is 1. The highest BCUT2D eigenvalue weighted by Crippen LogP contribution is 2.22. The molecule has 1 aliphatic rings. The Balaban J connectivity index is 1.54. The maximum atomic E-state index is 12.6. The van der Waals surface area contributed by atoms with E-state index in [-0.39, 0.29) is 11.5 Å². The molecule has 0 aliphatic carbocycles. The summed E-state index contributed by atoms with van der Waals surface area (Å²) in [4.78, 5) is 14.4. The monoisotopic (exact) mass is 360 g/mol. The van der Waals surface area contributed by atoms with E-state index in [0.717, 1.165) is 24.9 Å². The lowest BCUT2D eigenvalue weighted by molar-refractivity contribution is -0.128. The highest BCUT2D eigenvalue weighted by molar-refractivity contribution is 5.97. The lowest BCUT2D eigenvalue weighted by Gasteiger charge is -2.32. The molecule has 0 radical (unpaired) electrons. The molecule has 0 bridgehead atoms. The van der Waals surface area contributed by atoms with Crippen molar-refractivity contribution in [2.75, 3.05) is 24.1 Å². The van der Waals surface area contributed by atoms with Crippen molar-refractivity contribution in [1.82, 2.24) is 4.90 Å². The quantitative estimate of drug-likeness (QED) is 0.485. The normalized spacial score (nSPS) is 15.2. The van der Waals surface area contributed by atoms with Gasteiger partial charge in [-0.15, -0.1) is 0 Å². The van der Waals surface area contributed by atoms with Gasteiger partial charge in [-0.2, -0.15) is 5.26 Å². The van der Waals surface area contributed by atoms with Crippen molar-refractivity contribution >= 4 is 17.3 Å². The highest BCUT2D eigenvalue weighted by Gasteiger charge is 2.25. The molecule has 1 amide bonds. The second-order valence-electron chi connectivity index (χ2n) is 6.86. The molecule has 1 saturated heterocycles. The minimum absolute atomic E-state index is 0.119. The van der Waals surface area contributed by atoms with Gasteiger partial charge in [0.25, 0.3) is 5.91 Å². The van der Waals surface area contributed by atoms with Gasteiger partial charge in [-0.25, -0.2) is 0 Å². The van der Waals surface area contributed by atoms with Crippen molar-refractivity contribution in [1.29, 1.82) is 5.26 Å².